The highest BCUT2D eigenvalue weighted by molar-refractivity contribution is 7.22. The largest absolute Gasteiger partial charge is 0.449 e. The lowest BCUT2D eigenvalue weighted by molar-refractivity contribution is 0.0137. The molecule has 1 aromatic heterocycles. The van der Waals surface area contributed by atoms with Crippen LogP contribution in [-0.4, -0.2) is 40.5 Å². The standard InChI is InChI=1S/C26H25N3O4S/c27-25-29-21-13-15(9-10-23(21)34-25)24(31)22(30)11-12-28-26(32)33-14-20-18-7-3-1-5-16(18)17-6-2-4-8-19(17)20/h1-10,13,20,22,24,30-31H,11-12,14H2,(H2,27,29)(H,28,32). The van der Waals surface area contributed by atoms with Gasteiger partial charge in [0.2, 0.25) is 0 Å². The maximum absolute atomic E-state index is 12.3. The molecule has 2 atom stereocenters. The van der Waals surface area contributed by atoms with Crippen LogP contribution in [0.15, 0.2) is 66.7 Å². The Bertz CT molecular complexity index is 1290. The summed E-state index contributed by atoms with van der Waals surface area (Å²) in [5.41, 5.74) is 11.6. The van der Waals surface area contributed by atoms with Gasteiger partial charge in [-0.15, -0.1) is 0 Å². The number of anilines is 1. The minimum atomic E-state index is -1.10. The van der Waals surface area contributed by atoms with E-state index in [0.717, 1.165) is 15.8 Å². The summed E-state index contributed by atoms with van der Waals surface area (Å²) in [6.07, 6.45) is -2.54. The highest BCUT2D eigenvalue weighted by atomic mass is 32.1. The number of ether oxygens (including phenoxy) is 1. The number of rotatable bonds is 7. The molecule has 0 bridgehead atoms. The molecule has 0 saturated carbocycles. The van der Waals surface area contributed by atoms with Gasteiger partial charge in [-0.05, 0) is 46.4 Å². The summed E-state index contributed by atoms with van der Waals surface area (Å²) in [5, 5.41) is 24.0. The number of nitrogens with one attached hydrogen (secondary N) is 1. The number of nitrogens with zero attached hydrogens (tertiary/aromatic N) is 1. The van der Waals surface area contributed by atoms with Gasteiger partial charge in [0.1, 0.15) is 12.7 Å². The number of alkyl carbamates (subject to hydrolysis) is 1. The van der Waals surface area contributed by atoms with Gasteiger partial charge in [0.15, 0.2) is 5.13 Å². The Morgan fingerprint density at radius 3 is 2.44 bits per heavy atom. The van der Waals surface area contributed by atoms with Crippen molar-refractivity contribution in [2.75, 3.05) is 18.9 Å². The molecule has 0 fully saturated rings. The first-order chi connectivity index (χ1) is 16.5. The van der Waals surface area contributed by atoms with Crippen LogP contribution >= 0.6 is 11.3 Å². The summed E-state index contributed by atoms with van der Waals surface area (Å²) in [6, 6.07) is 21.6. The van der Waals surface area contributed by atoms with Crippen LogP contribution in [0.1, 0.15) is 35.1 Å². The molecule has 1 heterocycles. The number of aliphatic hydroxyl groups excluding tert-OH is 2. The maximum atomic E-state index is 12.3. The molecular weight excluding hydrogens is 450 g/mol. The zero-order valence-electron chi connectivity index (χ0n) is 18.3. The first-order valence-electron chi connectivity index (χ1n) is 11.1. The lowest BCUT2D eigenvalue weighted by Gasteiger charge is -2.19. The maximum Gasteiger partial charge on any atom is 0.407 e. The van der Waals surface area contributed by atoms with E-state index in [1.54, 1.807) is 12.1 Å². The van der Waals surface area contributed by atoms with Crippen LogP contribution in [0.3, 0.4) is 0 Å². The first kappa shape index (κ1) is 22.3. The Labute approximate surface area is 200 Å². The van der Waals surface area contributed by atoms with Crippen LogP contribution in [0.4, 0.5) is 9.93 Å². The highest BCUT2D eigenvalue weighted by Gasteiger charge is 2.29. The fourth-order valence-corrected chi connectivity index (χ4v) is 5.21. The smallest absolute Gasteiger partial charge is 0.407 e. The molecule has 174 valence electrons. The molecule has 1 amide bonds. The normalized spacial score (nSPS) is 14.4. The van der Waals surface area contributed by atoms with Crippen molar-refractivity contribution in [3.63, 3.8) is 0 Å². The number of amides is 1. The molecule has 0 saturated heterocycles. The molecule has 3 aromatic carbocycles. The number of fused-ring (bicyclic) bond motifs is 4. The fourth-order valence-electron chi connectivity index (χ4n) is 4.50. The second kappa shape index (κ2) is 9.42. The first-order valence-corrected chi connectivity index (χ1v) is 11.9. The van der Waals surface area contributed by atoms with Crippen molar-refractivity contribution >= 4 is 32.8 Å². The van der Waals surface area contributed by atoms with Gasteiger partial charge < -0.3 is 26.0 Å². The van der Waals surface area contributed by atoms with Crippen LogP contribution in [0.2, 0.25) is 0 Å². The number of aliphatic hydroxyl groups is 2. The molecule has 8 heteroatoms. The van der Waals surface area contributed by atoms with E-state index in [0.29, 0.717) is 16.2 Å². The molecule has 7 nitrogen and oxygen atoms in total. The number of nitrogen functional groups attached to an aromatic ring is 1. The monoisotopic (exact) mass is 475 g/mol. The van der Waals surface area contributed by atoms with Crippen LogP contribution in [0.5, 0.6) is 0 Å². The number of hydrogen-bond acceptors (Lipinski definition) is 7. The summed E-state index contributed by atoms with van der Waals surface area (Å²) in [4.78, 5) is 16.5. The molecule has 0 spiro atoms. The minimum absolute atomic E-state index is 0.0137. The number of benzene rings is 3. The second-order valence-electron chi connectivity index (χ2n) is 8.33. The fraction of sp³-hybridized carbons (Fsp3) is 0.231. The predicted molar refractivity (Wildman–Crippen MR) is 133 cm³/mol. The third kappa shape index (κ3) is 4.35. The van der Waals surface area contributed by atoms with Crippen molar-refractivity contribution in [3.05, 3.63) is 83.4 Å². The molecule has 5 rings (SSSR count). The number of hydrogen-bond donors (Lipinski definition) is 4. The van der Waals surface area contributed by atoms with Gasteiger partial charge >= 0.3 is 6.09 Å². The van der Waals surface area contributed by atoms with E-state index in [4.69, 9.17) is 10.5 Å². The predicted octanol–water partition coefficient (Wildman–Crippen LogP) is 4.20. The van der Waals surface area contributed by atoms with Gasteiger partial charge in [-0.2, -0.15) is 0 Å². The molecule has 5 N–H and O–H groups in total. The lowest BCUT2D eigenvalue weighted by Crippen LogP contribution is -2.30. The Morgan fingerprint density at radius 1 is 1.06 bits per heavy atom. The molecule has 0 radical (unpaired) electrons. The quantitative estimate of drug-likeness (QED) is 0.318. The molecule has 34 heavy (non-hydrogen) atoms. The van der Waals surface area contributed by atoms with Crippen molar-refractivity contribution in [1.82, 2.24) is 10.3 Å². The van der Waals surface area contributed by atoms with Crippen LogP contribution in [0, 0.1) is 0 Å². The Balaban J connectivity index is 1.13. The zero-order valence-corrected chi connectivity index (χ0v) is 19.2. The average Bonchev–Trinajstić information content (AvgIpc) is 3.38. The van der Waals surface area contributed by atoms with Gasteiger partial charge in [0, 0.05) is 12.5 Å². The van der Waals surface area contributed by atoms with E-state index >= 15 is 0 Å². The lowest BCUT2D eigenvalue weighted by atomic mass is 9.98. The average molecular weight is 476 g/mol. The highest BCUT2D eigenvalue weighted by Crippen LogP contribution is 2.44. The Morgan fingerprint density at radius 2 is 1.74 bits per heavy atom. The van der Waals surface area contributed by atoms with Crippen molar-refractivity contribution in [2.45, 2.75) is 24.5 Å². The van der Waals surface area contributed by atoms with Gasteiger partial charge in [-0.25, -0.2) is 9.78 Å². The summed E-state index contributed by atoms with van der Waals surface area (Å²) < 4.78 is 6.42. The van der Waals surface area contributed by atoms with Crippen LogP contribution in [0.25, 0.3) is 21.3 Å². The Hall–Kier alpha value is -3.46. The van der Waals surface area contributed by atoms with Gasteiger partial charge in [0.25, 0.3) is 0 Å². The molecule has 1 aliphatic rings. The summed E-state index contributed by atoms with van der Waals surface area (Å²) in [5.74, 6) is -0.0137. The molecule has 4 aromatic rings. The number of aromatic nitrogens is 1. The van der Waals surface area contributed by atoms with Crippen LogP contribution < -0.4 is 11.1 Å². The summed E-state index contributed by atoms with van der Waals surface area (Å²) in [6.45, 7) is 0.391. The summed E-state index contributed by atoms with van der Waals surface area (Å²) in [7, 11) is 0. The third-order valence-corrected chi connectivity index (χ3v) is 7.05. The van der Waals surface area contributed by atoms with Crippen molar-refractivity contribution in [1.29, 1.82) is 0 Å². The number of carbonyl (C=O) groups excluding carboxylic acids is 1. The minimum Gasteiger partial charge on any atom is -0.449 e. The number of thiazole rings is 1. The van der Waals surface area contributed by atoms with E-state index in [1.807, 2.05) is 30.3 Å². The molecule has 2 unspecified atom stereocenters. The van der Waals surface area contributed by atoms with Gasteiger partial charge in [0.05, 0.1) is 16.3 Å². The van der Waals surface area contributed by atoms with Crippen LogP contribution in [-0.2, 0) is 4.74 Å². The van der Waals surface area contributed by atoms with Gasteiger partial charge in [-0.3, -0.25) is 0 Å². The van der Waals surface area contributed by atoms with Crippen molar-refractivity contribution in [2.24, 2.45) is 0 Å². The van der Waals surface area contributed by atoms with Crippen molar-refractivity contribution in [3.8, 4) is 11.1 Å². The van der Waals surface area contributed by atoms with E-state index in [-0.39, 0.29) is 25.5 Å². The van der Waals surface area contributed by atoms with E-state index in [2.05, 4.69) is 34.6 Å². The Kier molecular flexibility index (Phi) is 6.19. The topological polar surface area (TPSA) is 118 Å². The number of carbonyl (C=O) groups is 1. The third-order valence-electron chi connectivity index (χ3n) is 6.19. The SMILES string of the molecule is Nc1nc2cc(C(O)C(O)CCNC(=O)OCC3c4ccccc4-c4ccccc43)ccc2s1. The molecule has 1 aliphatic carbocycles. The van der Waals surface area contributed by atoms with Gasteiger partial charge in [-0.1, -0.05) is 65.9 Å². The van der Waals surface area contributed by atoms with E-state index < -0.39 is 18.3 Å². The van der Waals surface area contributed by atoms with E-state index in [1.165, 1.54) is 22.5 Å². The molecule has 0 aliphatic heterocycles. The van der Waals surface area contributed by atoms with E-state index in [9.17, 15) is 15.0 Å². The zero-order chi connectivity index (χ0) is 23.7. The molecular formula is C26H25N3O4S. The van der Waals surface area contributed by atoms with Crippen molar-refractivity contribution < 1.29 is 19.7 Å². The second-order valence-corrected chi connectivity index (χ2v) is 9.39. The number of nitrogens with two attached hydrogens (primary N) is 1. The summed E-state index contributed by atoms with van der Waals surface area (Å²) >= 11 is 1.37.